The molecule has 35 heavy (non-hydrogen) atoms. The van der Waals surface area contributed by atoms with Gasteiger partial charge in [0.05, 0.1) is 15.1 Å². The van der Waals surface area contributed by atoms with Gasteiger partial charge in [-0.1, -0.05) is 29.8 Å². The van der Waals surface area contributed by atoms with E-state index in [1.54, 1.807) is 17.0 Å². The molecule has 7 nitrogen and oxygen atoms in total. The molecular weight excluding hydrogens is 579 g/mol. The summed E-state index contributed by atoms with van der Waals surface area (Å²) in [5.41, 5.74) is 2.96. The first kappa shape index (κ1) is 25.6. The molecule has 0 unspecified atom stereocenters. The van der Waals surface area contributed by atoms with Gasteiger partial charge in [0.25, 0.3) is 11.1 Å². The quantitative estimate of drug-likeness (QED) is 0.303. The number of amides is 3. The summed E-state index contributed by atoms with van der Waals surface area (Å²) in [5, 5.41) is -0.424. The van der Waals surface area contributed by atoms with Crippen LogP contribution in [-0.4, -0.2) is 53.1 Å². The smallest absolute Gasteiger partial charge is 0.294 e. The monoisotopic (exact) mass is 606 g/mol. The number of ether oxygens (including phenoxy) is 2. The number of imide groups is 1. The van der Waals surface area contributed by atoms with Gasteiger partial charge in [-0.05, 0) is 90.4 Å². The zero-order chi connectivity index (χ0) is 24.9. The van der Waals surface area contributed by atoms with Gasteiger partial charge in [0, 0.05) is 13.1 Å². The lowest BCUT2D eigenvalue weighted by molar-refractivity contribution is -0.135. The minimum absolute atomic E-state index is 0.186. The first-order valence-electron chi connectivity index (χ1n) is 11.5. The van der Waals surface area contributed by atoms with E-state index in [-0.39, 0.29) is 17.4 Å². The van der Waals surface area contributed by atoms with Crippen molar-refractivity contribution in [2.75, 3.05) is 26.2 Å². The highest BCUT2D eigenvalue weighted by molar-refractivity contribution is 14.1. The number of hydrogen-bond acceptors (Lipinski definition) is 6. The Labute approximate surface area is 223 Å². The van der Waals surface area contributed by atoms with E-state index >= 15 is 0 Å². The van der Waals surface area contributed by atoms with Crippen molar-refractivity contribution in [2.24, 2.45) is 0 Å². The summed E-state index contributed by atoms with van der Waals surface area (Å²) in [6.45, 7) is 5.94. The molecule has 0 aromatic heterocycles. The fourth-order valence-corrected chi connectivity index (χ4v) is 5.52. The standard InChI is InChI=1S/C26H27IN2O5S/c1-3-33-21-13-19(12-20(27)24(21)34-16-18-8-6-17(2)7-9-18)14-22-25(31)29(26(32)35-22)15-23(30)28-10-4-5-11-28/h6-9,12-14H,3-5,10-11,15-16H2,1-2H3/b22-14+. The molecule has 0 radical (unpaired) electrons. The van der Waals surface area contributed by atoms with E-state index in [9.17, 15) is 14.4 Å². The van der Waals surface area contributed by atoms with Crippen molar-refractivity contribution >= 4 is 57.5 Å². The van der Waals surface area contributed by atoms with E-state index in [4.69, 9.17) is 9.47 Å². The van der Waals surface area contributed by atoms with Crippen molar-refractivity contribution in [1.29, 1.82) is 0 Å². The normalized spacial score (nSPS) is 16.9. The SMILES string of the molecule is CCOc1cc(/C=C2/SC(=O)N(CC(=O)N3CCCC3)C2=O)cc(I)c1OCc1ccc(C)cc1. The van der Waals surface area contributed by atoms with Gasteiger partial charge in [-0.15, -0.1) is 0 Å². The van der Waals surface area contributed by atoms with Crippen LogP contribution in [0.2, 0.25) is 0 Å². The molecule has 4 rings (SSSR count). The summed E-state index contributed by atoms with van der Waals surface area (Å²) in [4.78, 5) is 40.9. The third-order valence-electron chi connectivity index (χ3n) is 5.76. The minimum Gasteiger partial charge on any atom is -0.490 e. The van der Waals surface area contributed by atoms with Crippen molar-refractivity contribution in [3.63, 3.8) is 0 Å². The Kier molecular flexibility index (Phi) is 8.38. The van der Waals surface area contributed by atoms with E-state index in [1.807, 2.05) is 44.2 Å². The summed E-state index contributed by atoms with van der Waals surface area (Å²) >= 11 is 3.04. The molecule has 9 heteroatoms. The Hall–Kier alpha value is -2.53. The van der Waals surface area contributed by atoms with E-state index in [1.165, 1.54) is 5.56 Å². The summed E-state index contributed by atoms with van der Waals surface area (Å²) in [7, 11) is 0. The maximum Gasteiger partial charge on any atom is 0.294 e. The number of halogens is 1. The second kappa shape index (κ2) is 11.5. The zero-order valence-electron chi connectivity index (χ0n) is 19.7. The van der Waals surface area contributed by atoms with Crippen LogP contribution in [0.3, 0.4) is 0 Å². The van der Waals surface area contributed by atoms with Crippen LogP contribution in [0.25, 0.3) is 6.08 Å². The minimum atomic E-state index is -0.444. The molecule has 0 spiro atoms. The van der Waals surface area contributed by atoms with Gasteiger partial charge >= 0.3 is 0 Å². The van der Waals surface area contributed by atoms with Crippen LogP contribution < -0.4 is 9.47 Å². The Morgan fingerprint density at radius 1 is 1.11 bits per heavy atom. The number of hydrogen-bond donors (Lipinski definition) is 0. The van der Waals surface area contributed by atoms with E-state index < -0.39 is 11.1 Å². The average Bonchev–Trinajstić information content (AvgIpc) is 3.45. The lowest BCUT2D eigenvalue weighted by atomic mass is 10.1. The first-order valence-corrected chi connectivity index (χ1v) is 13.4. The molecule has 184 valence electrons. The number of benzene rings is 2. The van der Waals surface area contributed by atoms with Crippen molar-refractivity contribution in [1.82, 2.24) is 9.80 Å². The first-order chi connectivity index (χ1) is 16.9. The summed E-state index contributed by atoms with van der Waals surface area (Å²) < 4.78 is 12.7. The van der Waals surface area contributed by atoms with Gasteiger partial charge < -0.3 is 14.4 Å². The lowest BCUT2D eigenvalue weighted by Gasteiger charge is -2.18. The van der Waals surface area contributed by atoms with E-state index in [2.05, 4.69) is 22.6 Å². The van der Waals surface area contributed by atoms with Crippen molar-refractivity contribution in [3.8, 4) is 11.5 Å². The van der Waals surface area contributed by atoms with Crippen LogP contribution in [0.4, 0.5) is 4.79 Å². The average molecular weight is 606 g/mol. The molecule has 2 aromatic rings. The molecular formula is C26H27IN2O5S. The number of thioether (sulfide) groups is 1. The molecule has 0 saturated carbocycles. The topological polar surface area (TPSA) is 76.2 Å². The highest BCUT2D eigenvalue weighted by atomic mass is 127. The maximum atomic E-state index is 12.9. The molecule has 2 aliphatic rings. The van der Waals surface area contributed by atoms with Crippen LogP contribution in [0, 0.1) is 10.5 Å². The predicted octanol–water partition coefficient (Wildman–Crippen LogP) is 5.24. The molecule has 0 N–H and O–H groups in total. The number of carbonyl (C=O) groups is 3. The summed E-state index contributed by atoms with van der Waals surface area (Å²) in [5.74, 6) is 0.574. The van der Waals surface area contributed by atoms with Gasteiger partial charge in [0.15, 0.2) is 11.5 Å². The molecule has 3 amide bonds. The molecule has 2 aliphatic heterocycles. The second-order valence-corrected chi connectivity index (χ2v) is 10.5. The fraction of sp³-hybridized carbons (Fsp3) is 0.346. The lowest BCUT2D eigenvalue weighted by Crippen LogP contribution is -2.40. The Balaban J connectivity index is 1.51. The number of rotatable bonds is 8. The second-order valence-electron chi connectivity index (χ2n) is 8.39. The third kappa shape index (κ3) is 6.19. The van der Waals surface area contributed by atoms with Crippen LogP contribution in [0.1, 0.15) is 36.5 Å². The number of aryl methyl sites for hydroxylation is 1. The van der Waals surface area contributed by atoms with Crippen LogP contribution in [0.15, 0.2) is 41.3 Å². The number of nitrogens with zero attached hydrogens (tertiary/aromatic N) is 2. The molecule has 0 aliphatic carbocycles. The molecule has 2 fully saturated rings. The van der Waals surface area contributed by atoms with E-state index in [0.717, 1.165) is 44.2 Å². The van der Waals surface area contributed by atoms with Crippen LogP contribution in [-0.2, 0) is 16.2 Å². The van der Waals surface area contributed by atoms with Crippen LogP contribution in [0.5, 0.6) is 11.5 Å². The maximum absolute atomic E-state index is 12.9. The number of carbonyl (C=O) groups excluding carboxylic acids is 3. The Morgan fingerprint density at radius 3 is 2.51 bits per heavy atom. The predicted molar refractivity (Wildman–Crippen MR) is 144 cm³/mol. The highest BCUT2D eigenvalue weighted by Gasteiger charge is 2.37. The highest BCUT2D eigenvalue weighted by Crippen LogP contribution is 2.38. The zero-order valence-corrected chi connectivity index (χ0v) is 22.7. The Morgan fingerprint density at radius 2 is 1.83 bits per heavy atom. The largest absolute Gasteiger partial charge is 0.490 e. The van der Waals surface area contributed by atoms with Gasteiger partial charge in [-0.2, -0.15) is 0 Å². The number of likely N-dealkylation sites (tertiary alicyclic amines) is 1. The molecule has 2 saturated heterocycles. The summed E-state index contributed by atoms with van der Waals surface area (Å²) in [6, 6.07) is 11.8. The molecule has 2 aromatic carbocycles. The molecule has 2 heterocycles. The molecule has 0 atom stereocenters. The van der Waals surface area contributed by atoms with Gasteiger partial charge in [-0.25, -0.2) is 0 Å². The van der Waals surface area contributed by atoms with Gasteiger partial charge in [0.1, 0.15) is 13.2 Å². The van der Waals surface area contributed by atoms with Crippen molar-refractivity contribution < 1.29 is 23.9 Å². The van der Waals surface area contributed by atoms with E-state index in [0.29, 0.717) is 37.8 Å². The fourth-order valence-electron chi connectivity index (χ4n) is 3.90. The molecule has 0 bridgehead atoms. The van der Waals surface area contributed by atoms with Crippen molar-refractivity contribution in [3.05, 3.63) is 61.6 Å². The van der Waals surface area contributed by atoms with Gasteiger partial charge in [-0.3, -0.25) is 19.3 Å². The van der Waals surface area contributed by atoms with Crippen molar-refractivity contribution in [2.45, 2.75) is 33.3 Å². The Bertz CT molecular complexity index is 1160. The van der Waals surface area contributed by atoms with Crippen LogP contribution >= 0.6 is 34.4 Å². The summed E-state index contributed by atoms with van der Waals surface area (Å²) in [6.07, 6.45) is 3.58. The third-order valence-corrected chi connectivity index (χ3v) is 7.47. The van der Waals surface area contributed by atoms with Gasteiger partial charge in [0.2, 0.25) is 5.91 Å².